The Morgan fingerprint density at radius 2 is 1.68 bits per heavy atom. The van der Waals surface area contributed by atoms with Crippen LogP contribution in [-0.4, -0.2) is 63.9 Å². The minimum absolute atomic E-state index is 0.212. The molecule has 0 saturated carbocycles. The molecule has 168 valence electrons. The quantitative estimate of drug-likeness (QED) is 0.663. The first kappa shape index (κ1) is 22.9. The van der Waals surface area contributed by atoms with Crippen LogP contribution in [0.2, 0.25) is 0 Å². The minimum Gasteiger partial charge on any atom is -0.497 e. The van der Waals surface area contributed by atoms with Gasteiger partial charge in [0.15, 0.2) is 0 Å². The Bertz CT molecular complexity index is 1030. The molecular formula is C21H27N3O6S. The summed E-state index contributed by atoms with van der Waals surface area (Å²) in [5.74, 6) is 1.22. The minimum atomic E-state index is -3.78. The molecule has 10 heteroatoms. The highest BCUT2D eigenvalue weighted by molar-refractivity contribution is 7.86. The molecule has 1 amide bonds. The molecule has 1 heterocycles. The molecule has 2 aromatic carbocycles. The molecule has 0 bridgehead atoms. The van der Waals surface area contributed by atoms with Gasteiger partial charge in [0, 0.05) is 25.7 Å². The molecule has 1 aliphatic rings. The topological polar surface area (TPSA) is 97.4 Å². The van der Waals surface area contributed by atoms with Crippen LogP contribution in [0.4, 0.5) is 5.69 Å². The molecule has 0 unspecified atom stereocenters. The lowest BCUT2D eigenvalue weighted by molar-refractivity contribution is -0.116. The van der Waals surface area contributed by atoms with Gasteiger partial charge in [-0.25, -0.2) is 0 Å². The second kappa shape index (κ2) is 9.99. The zero-order valence-corrected chi connectivity index (χ0v) is 18.6. The van der Waals surface area contributed by atoms with Crippen LogP contribution < -0.4 is 19.5 Å². The highest BCUT2D eigenvalue weighted by atomic mass is 32.2. The average Bonchev–Trinajstić information content (AvgIpc) is 2.77. The number of anilines is 1. The Morgan fingerprint density at radius 3 is 2.39 bits per heavy atom. The van der Waals surface area contributed by atoms with Gasteiger partial charge in [0.2, 0.25) is 5.91 Å². The molecule has 1 N–H and O–H groups in total. The first-order valence-corrected chi connectivity index (χ1v) is 11.2. The summed E-state index contributed by atoms with van der Waals surface area (Å²) in [6.45, 7) is 0.601. The predicted molar refractivity (Wildman–Crippen MR) is 117 cm³/mol. The van der Waals surface area contributed by atoms with E-state index >= 15 is 0 Å². The third kappa shape index (κ3) is 5.46. The van der Waals surface area contributed by atoms with E-state index in [1.54, 1.807) is 37.4 Å². The molecule has 2 aromatic rings. The van der Waals surface area contributed by atoms with E-state index in [4.69, 9.17) is 14.2 Å². The molecular weight excluding hydrogens is 422 g/mol. The largest absolute Gasteiger partial charge is 0.497 e. The zero-order chi connectivity index (χ0) is 22.4. The number of hydrogen-bond donors (Lipinski definition) is 1. The van der Waals surface area contributed by atoms with Crippen molar-refractivity contribution in [2.45, 2.75) is 13.0 Å². The number of benzene rings is 2. The van der Waals surface area contributed by atoms with Crippen LogP contribution in [-0.2, 0) is 21.5 Å². The lowest BCUT2D eigenvalue weighted by atomic mass is 10.2. The fourth-order valence-electron chi connectivity index (χ4n) is 3.36. The Labute approximate surface area is 182 Å². The van der Waals surface area contributed by atoms with Gasteiger partial charge in [-0.05, 0) is 36.2 Å². The van der Waals surface area contributed by atoms with Gasteiger partial charge in [0.05, 0.1) is 33.6 Å². The smallest absolute Gasteiger partial charge is 0.282 e. The monoisotopic (exact) mass is 449 g/mol. The molecule has 1 saturated heterocycles. The number of ether oxygens (including phenoxy) is 3. The molecule has 1 fully saturated rings. The summed E-state index contributed by atoms with van der Waals surface area (Å²) in [6, 6.07) is 12.2. The van der Waals surface area contributed by atoms with Gasteiger partial charge in [0.25, 0.3) is 10.2 Å². The number of hydrogen-bond acceptors (Lipinski definition) is 6. The van der Waals surface area contributed by atoms with Gasteiger partial charge in [-0.3, -0.25) is 4.79 Å². The molecule has 0 aromatic heterocycles. The number of nitrogens with one attached hydrogen (secondary N) is 1. The Hall–Kier alpha value is -2.82. The van der Waals surface area contributed by atoms with E-state index in [1.165, 1.54) is 22.8 Å². The molecule has 0 radical (unpaired) electrons. The van der Waals surface area contributed by atoms with Crippen LogP contribution in [0, 0.1) is 0 Å². The maximum Gasteiger partial charge on any atom is 0.282 e. The van der Waals surface area contributed by atoms with E-state index < -0.39 is 16.1 Å². The van der Waals surface area contributed by atoms with Crippen molar-refractivity contribution in [3.63, 3.8) is 0 Å². The third-order valence-electron chi connectivity index (χ3n) is 4.96. The van der Waals surface area contributed by atoms with Crippen molar-refractivity contribution in [3.05, 3.63) is 48.0 Å². The van der Waals surface area contributed by atoms with Gasteiger partial charge >= 0.3 is 0 Å². The van der Waals surface area contributed by atoms with Gasteiger partial charge in [-0.2, -0.15) is 17.0 Å². The van der Waals surface area contributed by atoms with Crippen molar-refractivity contribution < 1.29 is 27.4 Å². The number of methoxy groups -OCH3 is 3. The van der Waals surface area contributed by atoms with Crippen molar-refractivity contribution in [2.24, 2.45) is 0 Å². The van der Waals surface area contributed by atoms with Gasteiger partial charge < -0.3 is 19.5 Å². The first-order chi connectivity index (χ1) is 14.9. The lowest BCUT2D eigenvalue weighted by Crippen LogP contribution is -2.51. The van der Waals surface area contributed by atoms with E-state index in [0.717, 1.165) is 5.56 Å². The van der Waals surface area contributed by atoms with E-state index in [9.17, 15) is 13.2 Å². The molecule has 0 atom stereocenters. The van der Waals surface area contributed by atoms with Crippen molar-refractivity contribution in [2.75, 3.05) is 46.3 Å². The van der Waals surface area contributed by atoms with Crippen LogP contribution in [0.1, 0.15) is 12.0 Å². The van der Waals surface area contributed by atoms with E-state index in [0.29, 0.717) is 35.9 Å². The fourth-order valence-corrected chi connectivity index (χ4v) is 5.00. The molecule has 0 aliphatic carbocycles. The van der Waals surface area contributed by atoms with Crippen LogP contribution >= 0.6 is 0 Å². The predicted octanol–water partition coefficient (Wildman–Crippen LogP) is 2.10. The Morgan fingerprint density at radius 1 is 0.968 bits per heavy atom. The summed E-state index contributed by atoms with van der Waals surface area (Å²) in [4.78, 5) is 12.6. The van der Waals surface area contributed by atoms with Crippen LogP contribution in [0.15, 0.2) is 42.5 Å². The number of carbonyl (C=O) groups is 1. The van der Waals surface area contributed by atoms with Crippen LogP contribution in [0.25, 0.3) is 0 Å². The highest BCUT2D eigenvalue weighted by Gasteiger charge is 2.34. The second-order valence-corrected chi connectivity index (χ2v) is 8.92. The van der Waals surface area contributed by atoms with Gasteiger partial charge in [-0.15, -0.1) is 0 Å². The van der Waals surface area contributed by atoms with Crippen molar-refractivity contribution in [1.82, 2.24) is 8.61 Å². The number of amides is 1. The van der Waals surface area contributed by atoms with Crippen molar-refractivity contribution >= 4 is 21.8 Å². The SMILES string of the molecule is COc1cccc(CN2CCCN(CC(=O)Nc3ccc(OC)cc3OC)S2(=O)=O)c1. The van der Waals surface area contributed by atoms with Crippen molar-refractivity contribution in [3.8, 4) is 17.2 Å². The van der Waals surface area contributed by atoms with E-state index in [-0.39, 0.29) is 19.6 Å². The third-order valence-corrected chi connectivity index (χ3v) is 6.89. The zero-order valence-electron chi connectivity index (χ0n) is 17.8. The maximum absolute atomic E-state index is 13.1. The summed E-state index contributed by atoms with van der Waals surface area (Å²) in [5.41, 5.74) is 1.26. The Kier molecular flexibility index (Phi) is 7.37. The number of nitrogens with zero attached hydrogens (tertiary/aromatic N) is 2. The second-order valence-electron chi connectivity index (χ2n) is 6.99. The van der Waals surface area contributed by atoms with E-state index in [1.807, 2.05) is 12.1 Å². The molecule has 1 aliphatic heterocycles. The first-order valence-electron chi connectivity index (χ1n) is 9.77. The number of rotatable bonds is 8. The molecule has 3 rings (SSSR count). The van der Waals surface area contributed by atoms with E-state index in [2.05, 4.69) is 5.32 Å². The molecule has 9 nitrogen and oxygen atoms in total. The summed E-state index contributed by atoms with van der Waals surface area (Å²) in [7, 11) is 0.798. The highest BCUT2D eigenvalue weighted by Crippen LogP contribution is 2.29. The summed E-state index contributed by atoms with van der Waals surface area (Å²) in [6.07, 6.45) is 0.627. The summed E-state index contributed by atoms with van der Waals surface area (Å²) >= 11 is 0. The fraction of sp³-hybridized carbons (Fsp3) is 0.381. The lowest BCUT2D eigenvalue weighted by Gasteiger charge is -2.34. The summed E-state index contributed by atoms with van der Waals surface area (Å²) in [5, 5.41) is 2.72. The molecule has 31 heavy (non-hydrogen) atoms. The van der Waals surface area contributed by atoms with Crippen LogP contribution in [0.5, 0.6) is 17.2 Å². The summed E-state index contributed by atoms with van der Waals surface area (Å²) < 4.78 is 44.3. The Balaban J connectivity index is 1.69. The van der Waals surface area contributed by atoms with Gasteiger partial charge in [0.1, 0.15) is 17.2 Å². The normalized spacial score (nSPS) is 16.5. The maximum atomic E-state index is 13.1. The standard InChI is InChI=1S/C21H27N3O6S/c1-28-17-7-4-6-16(12-17)14-23-10-5-11-24(31(23,26)27)15-21(25)22-19-9-8-18(29-2)13-20(19)30-3/h4,6-9,12-13H,5,10-11,14-15H2,1-3H3,(H,22,25). The number of carbonyl (C=O) groups excluding carboxylic acids is 1. The molecule has 0 spiro atoms. The average molecular weight is 450 g/mol. The van der Waals surface area contributed by atoms with Gasteiger partial charge in [-0.1, -0.05) is 12.1 Å². The van der Waals surface area contributed by atoms with Crippen LogP contribution in [0.3, 0.4) is 0 Å². The van der Waals surface area contributed by atoms with Crippen molar-refractivity contribution in [1.29, 1.82) is 0 Å².